The van der Waals surface area contributed by atoms with E-state index in [2.05, 4.69) is 20.5 Å². The van der Waals surface area contributed by atoms with Gasteiger partial charge in [-0.15, -0.1) is 10.2 Å². The van der Waals surface area contributed by atoms with Crippen molar-refractivity contribution in [2.45, 2.75) is 20.0 Å². The Hall–Kier alpha value is -3.74. The summed E-state index contributed by atoms with van der Waals surface area (Å²) in [5.74, 6) is 1.64. The van der Waals surface area contributed by atoms with Gasteiger partial charge in [0.2, 0.25) is 0 Å². The van der Waals surface area contributed by atoms with Crippen LogP contribution in [-0.4, -0.2) is 31.6 Å². The van der Waals surface area contributed by atoms with Crippen molar-refractivity contribution in [3.05, 3.63) is 72.6 Å². The predicted octanol–water partition coefficient (Wildman–Crippen LogP) is 3.83. The highest BCUT2D eigenvalue weighted by Gasteiger charge is 2.12. The second-order valence-corrected chi connectivity index (χ2v) is 6.51. The summed E-state index contributed by atoms with van der Waals surface area (Å²) in [5.41, 5.74) is 2.02. The predicted molar refractivity (Wildman–Crippen MR) is 106 cm³/mol. The molecule has 0 unspecified atom stereocenters. The zero-order chi connectivity index (χ0) is 19.5. The number of aromatic nitrogens is 4. The van der Waals surface area contributed by atoms with Crippen LogP contribution in [0.2, 0.25) is 0 Å². The summed E-state index contributed by atoms with van der Waals surface area (Å²) in [6.07, 6.45) is 3.54. The molecule has 1 amide bonds. The largest absolute Gasteiger partial charge is 0.489 e. The number of benzene rings is 2. The molecule has 28 heavy (non-hydrogen) atoms. The topological polar surface area (TPSA) is 81.4 Å². The summed E-state index contributed by atoms with van der Waals surface area (Å²) >= 11 is 0. The van der Waals surface area contributed by atoms with Crippen molar-refractivity contribution >= 4 is 17.4 Å². The number of rotatable bonds is 5. The second kappa shape index (κ2) is 7.48. The van der Waals surface area contributed by atoms with Crippen molar-refractivity contribution in [1.82, 2.24) is 19.6 Å². The minimum atomic E-state index is -0.209. The summed E-state index contributed by atoms with van der Waals surface area (Å²) in [6.45, 7) is 3.89. The van der Waals surface area contributed by atoms with Gasteiger partial charge in [0.15, 0.2) is 5.82 Å². The third-order valence-corrected chi connectivity index (χ3v) is 4.09. The first-order chi connectivity index (χ1) is 13.6. The van der Waals surface area contributed by atoms with Gasteiger partial charge in [0.05, 0.1) is 11.8 Å². The Bertz CT molecular complexity index is 1120. The summed E-state index contributed by atoms with van der Waals surface area (Å²) < 4.78 is 7.55. The fraction of sp³-hybridized carbons (Fsp3) is 0.143. The Balaban J connectivity index is 1.55. The average Bonchev–Trinajstić information content (AvgIpc) is 3.13. The zero-order valence-electron chi connectivity index (χ0n) is 15.5. The highest BCUT2D eigenvalue weighted by molar-refractivity contribution is 6.05. The molecule has 2 aromatic heterocycles. The van der Waals surface area contributed by atoms with E-state index < -0.39 is 0 Å². The Morgan fingerprint density at radius 3 is 2.61 bits per heavy atom. The molecular formula is C21H19N5O2. The van der Waals surface area contributed by atoms with Crippen molar-refractivity contribution in [1.29, 1.82) is 0 Å². The molecule has 140 valence electrons. The molecule has 0 saturated heterocycles. The third-order valence-electron chi connectivity index (χ3n) is 4.09. The van der Waals surface area contributed by atoms with Crippen LogP contribution < -0.4 is 10.1 Å². The van der Waals surface area contributed by atoms with Crippen LogP contribution >= 0.6 is 0 Å². The van der Waals surface area contributed by atoms with Crippen molar-refractivity contribution in [3.63, 3.8) is 0 Å². The number of hydrogen-bond acceptors (Lipinski definition) is 5. The van der Waals surface area contributed by atoms with Crippen LogP contribution in [0.5, 0.6) is 5.75 Å². The van der Waals surface area contributed by atoms with Gasteiger partial charge in [-0.3, -0.25) is 9.20 Å². The SMILES string of the molecule is CC(C)Oc1ccccc1NC(=O)c1ccc(-c2nnc3ncccn23)cc1. The number of hydrogen-bond donors (Lipinski definition) is 1. The second-order valence-electron chi connectivity index (χ2n) is 6.51. The van der Waals surface area contributed by atoms with Gasteiger partial charge in [-0.05, 0) is 44.2 Å². The van der Waals surface area contributed by atoms with Gasteiger partial charge >= 0.3 is 0 Å². The molecule has 0 fully saturated rings. The van der Waals surface area contributed by atoms with Gasteiger partial charge in [0.25, 0.3) is 11.7 Å². The molecule has 0 saturated carbocycles. The maximum absolute atomic E-state index is 12.7. The first-order valence-corrected chi connectivity index (χ1v) is 8.95. The molecule has 7 heteroatoms. The molecule has 0 atom stereocenters. The maximum atomic E-state index is 12.7. The molecule has 4 rings (SSSR count). The van der Waals surface area contributed by atoms with Crippen LogP contribution in [0.25, 0.3) is 17.2 Å². The summed E-state index contributed by atoms with van der Waals surface area (Å²) in [6, 6.07) is 16.4. The van der Waals surface area contributed by atoms with Crippen LogP contribution in [0.3, 0.4) is 0 Å². The van der Waals surface area contributed by atoms with Gasteiger partial charge in [-0.2, -0.15) is 0 Å². The molecule has 7 nitrogen and oxygen atoms in total. The molecule has 2 heterocycles. The molecule has 0 bridgehead atoms. The lowest BCUT2D eigenvalue weighted by atomic mass is 10.1. The van der Waals surface area contributed by atoms with Gasteiger partial charge < -0.3 is 10.1 Å². The quantitative estimate of drug-likeness (QED) is 0.575. The van der Waals surface area contributed by atoms with Gasteiger partial charge in [-0.1, -0.05) is 24.3 Å². The average molecular weight is 373 g/mol. The number of carbonyl (C=O) groups is 1. The van der Waals surface area contributed by atoms with Crippen LogP contribution in [-0.2, 0) is 0 Å². The lowest BCUT2D eigenvalue weighted by Crippen LogP contribution is -2.14. The fourth-order valence-electron chi connectivity index (χ4n) is 2.83. The number of nitrogens with one attached hydrogen (secondary N) is 1. The molecule has 0 aliphatic heterocycles. The fourth-order valence-corrected chi connectivity index (χ4v) is 2.83. The van der Waals surface area contributed by atoms with Gasteiger partial charge in [0, 0.05) is 23.5 Å². The van der Waals surface area contributed by atoms with Crippen molar-refractivity contribution in [2.75, 3.05) is 5.32 Å². The molecule has 0 aliphatic rings. The third kappa shape index (κ3) is 3.55. The summed E-state index contributed by atoms with van der Waals surface area (Å²) in [4.78, 5) is 16.8. The normalized spacial score (nSPS) is 11.0. The van der Waals surface area contributed by atoms with E-state index in [1.165, 1.54) is 0 Å². The van der Waals surface area contributed by atoms with E-state index in [1.807, 2.05) is 62.5 Å². The first kappa shape index (κ1) is 17.7. The lowest BCUT2D eigenvalue weighted by Gasteiger charge is -2.14. The van der Waals surface area contributed by atoms with Crippen molar-refractivity contribution in [2.24, 2.45) is 0 Å². The molecule has 0 spiro atoms. The van der Waals surface area contributed by atoms with Gasteiger partial charge in [-0.25, -0.2) is 4.98 Å². The minimum absolute atomic E-state index is 0.0183. The highest BCUT2D eigenvalue weighted by Crippen LogP contribution is 2.26. The molecular weight excluding hydrogens is 354 g/mol. The van der Waals surface area contributed by atoms with Crippen LogP contribution in [0, 0.1) is 0 Å². The first-order valence-electron chi connectivity index (χ1n) is 8.95. The Morgan fingerprint density at radius 1 is 1.04 bits per heavy atom. The van der Waals surface area contributed by atoms with E-state index in [-0.39, 0.29) is 12.0 Å². The van der Waals surface area contributed by atoms with Crippen LogP contribution in [0.4, 0.5) is 5.69 Å². The monoisotopic (exact) mass is 373 g/mol. The Labute approximate surface area is 162 Å². The number of nitrogens with zero attached hydrogens (tertiary/aromatic N) is 4. The maximum Gasteiger partial charge on any atom is 0.255 e. The smallest absolute Gasteiger partial charge is 0.255 e. The number of anilines is 1. The van der Waals surface area contributed by atoms with E-state index in [9.17, 15) is 4.79 Å². The van der Waals surface area contributed by atoms with Crippen LogP contribution in [0.1, 0.15) is 24.2 Å². The van der Waals surface area contributed by atoms with Gasteiger partial charge in [0.1, 0.15) is 5.75 Å². The van der Waals surface area contributed by atoms with E-state index in [4.69, 9.17) is 4.74 Å². The van der Waals surface area contributed by atoms with E-state index in [0.717, 1.165) is 5.56 Å². The molecule has 1 N–H and O–H groups in total. The van der Waals surface area contributed by atoms with Crippen molar-refractivity contribution in [3.8, 4) is 17.1 Å². The minimum Gasteiger partial charge on any atom is -0.489 e. The number of carbonyl (C=O) groups excluding carboxylic acids is 1. The zero-order valence-corrected chi connectivity index (χ0v) is 15.5. The molecule has 0 aliphatic carbocycles. The van der Waals surface area contributed by atoms with Crippen molar-refractivity contribution < 1.29 is 9.53 Å². The standard InChI is InChI=1S/C21H19N5O2/c1-14(2)28-18-7-4-3-6-17(18)23-20(27)16-10-8-15(9-11-16)19-24-25-21-22-12-5-13-26(19)21/h3-14H,1-2H3,(H,23,27). The van der Waals surface area contributed by atoms with E-state index in [1.54, 1.807) is 22.7 Å². The Kier molecular flexibility index (Phi) is 4.72. The van der Waals surface area contributed by atoms with E-state index in [0.29, 0.717) is 28.6 Å². The highest BCUT2D eigenvalue weighted by atomic mass is 16.5. The lowest BCUT2D eigenvalue weighted by molar-refractivity contribution is 0.102. The van der Waals surface area contributed by atoms with Crippen LogP contribution in [0.15, 0.2) is 67.0 Å². The number of amides is 1. The molecule has 0 radical (unpaired) electrons. The molecule has 2 aromatic carbocycles. The number of fused-ring (bicyclic) bond motifs is 1. The number of para-hydroxylation sites is 2. The Morgan fingerprint density at radius 2 is 1.82 bits per heavy atom. The molecule has 4 aromatic rings. The summed E-state index contributed by atoms with van der Waals surface area (Å²) in [7, 11) is 0. The summed E-state index contributed by atoms with van der Waals surface area (Å²) in [5, 5.41) is 11.1. The van der Waals surface area contributed by atoms with E-state index >= 15 is 0 Å². The number of ether oxygens (including phenoxy) is 1.